The molecular formula is C15H23NO3S2. The molecule has 1 aliphatic rings. The lowest BCUT2D eigenvalue weighted by atomic mass is 10.0. The van der Waals surface area contributed by atoms with Crippen LogP contribution >= 0.6 is 11.3 Å². The van der Waals surface area contributed by atoms with E-state index >= 15 is 0 Å². The van der Waals surface area contributed by atoms with Crippen molar-refractivity contribution in [3.05, 3.63) is 15.6 Å². The number of sulfone groups is 1. The number of ketones is 1. The lowest BCUT2D eigenvalue weighted by Gasteiger charge is -2.22. The smallest absolute Gasteiger partial charge is 0.162 e. The normalized spacial score (nSPS) is 15.8. The van der Waals surface area contributed by atoms with Crippen LogP contribution < -0.4 is 0 Å². The van der Waals surface area contributed by atoms with Gasteiger partial charge in [-0.3, -0.25) is 4.79 Å². The van der Waals surface area contributed by atoms with Gasteiger partial charge in [-0.2, -0.15) is 0 Å². The van der Waals surface area contributed by atoms with Gasteiger partial charge in [0, 0.05) is 4.88 Å². The van der Waals surface area contributed by atoms with Gasteiger partial charge in [0.25, 0.3) is 0 Å². The number of carbonyl (C=O) groups is 1. The average Bonchev–Trinajstić information content (AvgIpc) is 2.80. The Morgan fingerprint density at radius 2 is 1.95 bits per heavy atom. The highest BCUT2D eigenvalue weighted by Gasteiger charge is 2.40. The Balaban J connectivity index is 2.15. The summed E-state index contributed by atoms with van der Waals surface area (Å²) < 4.78 is 23.2. The largest absolute Gasteiger partial charge is 0.297 e. The first kappa shape index (κ1) is 16.6. The van der Waals surface area contributed by atoms with Crippen molar-refractivity contribution >= 4 is 27.0 Å². The molecule has 1 aliphatic carbocycles. The number of aromatic nitrogens is 1. The van der Waals surface area contributed by atoms with Crippen LogP contribution in [-0.4, -0.2) is 29.7 Å². The van der Waals surface area contributed by atoms with Crippen molar-refractivity contribution in [3.63, 3.8) is 0 Å². The summed E-state index contributed by atoms with van der Waals surface area (Å²) in [6, 6.07) is 0. The fourth-order valence-corrected chi connectivity index (χ4v) is 5.15. The van der Waals surface area contributed by atoms with E-state index in [9.17, 15) is 13.2 Å². The van der Waals surface area contributed by atoms with Crippen LogP contribution in [0.1, 0.15) is 55.6 Å². The first-order valence-electron chi connectivity index (χ1n) is 7.51. The van der Waals surface area contributed by atoms with Crippen LogP contribution in [0.4, 0.5) is 0 Å². The minimum atomic E-state index is -3.40. The summed E-state index contributed by atoms with van der Waals surface area (Å²) in [6.45, 7) is 4.86. The number of rotatable bonds is 6. The molecule has 21 heavy (non-hydrogen) atoms. The standard InChI is InChI=1S/C15H23NO3S2/c1-4-9-21(18,19)15(2,3)13(17)10-14-16-11-7-5-6-8-12(11)20-14/h4-10H2,1-3H3. The zero-order valence-corrected chi connectivity index (χ0v) is 14.6. The molecule has 1 heterocycles. The van der Waals surface area contributed by atoms with Crippen molar-refractivity contribution in [3.8, 4) is 0 Å². The van der Waals surface area contributed by atoms with E-state index in [1.54, 1.807) is 11.3 Å². The lowest BCUT2D eigenvalue weighted by molar-refractivity contribution is -0.120. The molecule has 0 aliphatic heterocycles. The van der Waals surface area contributed by atoms with Crippen LogP contribution in [0.3, 0.4) is 0 Å². The van der Waals surface area contributed by atoms with E-state index < -0.39 is 14.6 Å². The number of thiazole rings is 1. The Morgan fingerprint density at radius 3 is 2.57 bits per heavy atom. The molecule has 0 saturated carbocycles. The van der Waals surface area contributed by atoms with Gasteiger partial charge in [-0.05, 0) is 46.0 Å². The molecule has 0 N–H and O–H groups in total. The van der Waals surface area contributed by atoms with E-state index in [0.717, 1.165) is 30.0 Å². The van der Waals surface area contributed by atoms with Crippen molar-refractivity contribution in [2.75, 3.05) is 5.75 Å². The molecule has 1 aromatic rings. The predicted octanol–water partition coefficient (Wildman–Crippen LogP) is 2.74. The van der Waals surface area contributed by atoms with Gasteiger partial charge in [-0.15, -0.1) is 11.3 Å². The number of Topliss-reactive ketones (excluding diaryl/α,β-unsaturated/α-hetero) is 1. The van der Waals surface area contributed by atoms with Gasteiger partial charge in [0.05, 0.1) is 17.9 Å². The minimum absolute atomic E-state index is 0.0557. The number of carbonyl (C=O) groups excluding carboxylic acids is 1. The second-order valence-corrected chi connectivity index (χ2v) is 9.94. The van der Waals surface area contributed by atoms with Crippen molar-refractivity contribution in [1.82, 2.24) is 4.98 Å². The molecule has 0 fully saturated rings. The molecular weight excluding hydrogens is 306 g/mol. The highest BCUT2D eigenvalue weighted by Crippen LogP contribution is 2.29. The van der Waals surface area contributed by atoms with Crippen molar-refractivity contribution in [1.29, 1.82) is 0 Å². The maximum Gasteiger partial charge on any atom is 0.162 e. The van der Waals surface area contributed by atoms with Crippen LogP contribution in [-0.2, 0) is 33.9 Å². The molecule has 0 amide bonds. The van der Waals surface area contributed by atoms with Crippen LogP contribution in [0.5, 0.6) is 0 Å². The van der Waals surface area contributed by atoms with Gasteiger partial charge >= 0.3 is 0 Å². The zero-order chi connectivity index (χ0) is 15.7. The second-order valence-electron chi connectivity index (χ2n) is 6.11. The van der Waals surface area contributed by atoms with Crippen molar-refractivity contribution in [2.24, 2.45) is 0 Å². The van der Waals surface area contributed by atoms with Crippen molar-refractivity contribution in [2.45, 2.75) is 64.0 Å². The van der Waals surface area contributed by atoms with Gasteiger partial charge in [-0.25, -0.2) is 13.4 Å². The number of aryl methyl sites for hydroxylation is 2. The number of hydrogen-bond donors (Lipinski definition) is 0. The summed E-state index contributed by atoms with van der Waals surface area (Å²) in [5, 5.41) is 0.770. The Labute approximate surface area is 130 Å². The van der Waals surface area contributed by atoms with Gasteiger partial charge in [0.2, 0.25) is 0 Å². The molecule has 0 bridgehead atoms. The van der Waals surface area contributed by atoms with E-state index in [-0.39, 0.29) is 18.0 Å². The van der Waals surface area contributed by atoms with Gasteiger partial charge in [-0.1, -0.05) is 6.92 Å². The van der Waals surface area contributed by atoms with Crippen LogP contribution in [0, 0.1) is 0 Å². The molecule has 0 atom stereocenters. The second kappa shape index (κ2) is 6.16. The summed E-state index contributed by atoms with van der Waals surface area (Å²) in [4.78, 5) is 18.3. The monoisotopic (exact) mass is 329 g/mol. The third kappa shape index (κ3) is 3.37. The number of fused-ring (bicyclic) bond motifs is 1. The Bertz CT molecular complexity index is 606. The summed E-state index contributed by atoms with van der Waals surface area (Å²) in [5.41, 5.74) is 1.11. The number of nitrogens with zero attached hydrogens (tertiary/aromatic N) is 1. The Kier molecular flexibility index (Phi) is 4.88. The van der Waals surface area contributed by atoms with Gasteiger partial charge in [0.15, 0.2) is 15.6 Å². The van der Waals surface area contributed by atoms with Crippen LogP contribution in [0.25, 0.3) is 0 Å². The van der Waals surface area contributed by atoms with E-state index in [2.05, 4.69) is 4.98 Å². The molecule has 4 nitrogen and oxygen atoms in total. The predicted molar refractivity (Wildman–Crippen MR) is 85.6 cm³/mol. The van der Waals surface area contributed by atoms with E-state index in [1.807, 2.05) is 6.92 Å². The molecule has 118 valence electrons. The number of hydrogen-bond acceptors (Lipinski definition) is 5. The zero-order valence-electron chi connectivity index (χ0n) is 12.9. The SMILES string of the molecule is CCCS(=O)(=O)C(C)(C)C(=O)Cc1nc2c(s1)CCCC2. The van der Waals surface area contributed by atoms with Gasteiger partial charge < -0.3 is 0 Å². The maximum atomic E-state index is 12.5. The molecule has 0 aromatic carbocycles. The Morgan fingerprint density at radius 1 is 1.29 bits per heavy atom. The van der Waals surface area contributed by atoms with Gasteiger partial charge in [0.1, 0.15) is 9.75 Å². The first-order valence-corrected chi connectivity index (χ1v) is 9.98. The lowest BCUT2D eigenvalue weighted by Crippen LogP contribution is -2.42. The fourth-order valence-electron chi connectivity index (χ4n) is 2.53. The molecule has 6 heteroatoms. The van der Waals surface area contributed by atoms with Crippen LogP contribution in [0.15, 0.2) is 0 Å². The third-order valence-electron chi connectivity index (χ3n) is 4.12. The Hall–Kier alpha value is -0.750. The highest BCUT2D eigenvalue weighted by molar-refractivity contribution is 7.93. The molecule has 0 unspecified atom stereocenters. The molecule has 0 radical (unpaired) electrons. The topological polar surface area (TPSA) is 64.1 Å². The van der Waals surface area contributed by atoms with Crippen LogP contribution in [0.2, 0.25) is 0 Å². The third-order valence-corrected chi connectivity index (χ3v) is 8.01. The van der Waals surface area contributed by atoms with E-state index in [4.69, 9.17) is 0 Å². The first-order chi connectivity index (χ1) is 9.78. The van der Waals surface area contributed by atoms with E-state index in [1.165, 1.54) is 25.1 Å². The van der Waals surface area contributed by atoms with Crippen molar-refractivity contribution < 1.29 is 13.2 Å². The summed E-state index contributed by atoms with van der Waals surface area (Å²) in [6.07, 6.45) is 5.02. The highest BCUT2D eigenvalue weighted by atomic mass is 32.2. The molecule has 0 spiro atoms. The maximum absolute atomic E-state index is 12.5. The summed E-state index contributed by atoms with van der Waals surface area (Å²) in [7, 11) is -3.40. The summed E-state index contributed by atoms with van der Waals surface area (Å²) >= 11 is 1.58. The quantitative estimate of drug-likeness (QED) is 0.805. The fraction of sp³-hybridized carbons (Fsp3) is 0.733. The summed E-state index contributed by atoms with van der Waals surface area (Å²) in [5.74, 6) is -0.192. The van der Waals surface area contributed by atoms with E-state index in [0.29, 0.717) is 6.42 Å². The molecule has 1 aromatic heterocycles. The average molecular weight is 329 g/mol. The molecule has 2 rings (SSSR count). The molecule has 0 saturated heterocycles. The minimum Gasteiger partial charge on any atom is -0.297 e.